The Kier molecular flexibility index (Phi) is 9.45. The lowest BCUT2D eigenvalue weighted by molar-refractivity contribution is -0.384. The predicted molar refractivity (Wildman–Crippen MR) is 149 cm³/mol. The molecule has 4 aromatic rings. The number of nitrogens with zero attached hydrogens (tertiary/aromatic N) is 6. The largest absolute Gasteiger partial charge is 0.380 e. The molecule has 0 saturated heterocycles. The molecular formula is C28H28N6O3S. The first kappa shape index (κ1) is 26.9. The van der Waals surface area contributed by atoms with Crippen molar-refractivity contribution in [3.05, 3.63) is 88.0 Å². The van der Waals surface area contributed by atoms with E-state index in [-0.39, 0.29) is 5.69 Å². The van der Waals surface area contributed by atoms with Gasteiger partial charge in [-0.05, 0) is 66.7 Å². The minimum atomic E-state index is -0.427. The lowest BCUT2D eigenvalue weighted by atomic mass is 10.1. The molecule has 0 aliphatic heterocycles. The third-order valence-corrected chi connectivity index (χ3v) is 6.75. The van der Waals surface area contributed by atoms with Crippen molar-refractivity contribution in [3.8, 4) is 6.07 Å². The van der Waals surface area contributed by atoms with E-state index >= 15 is 0 Å². The average molecular weight is 529 g/mol. The molecule has 38 heavy (non-hydrogen) atoms. The lowest BCUT2D eigenvalue weighted by Crippen LogP contribution is -2.24. The van der Waals surface area contributed by atoms with Gasteiger partial charge >= 0.3 is 0 Å². The highest BCUT2D eigenvalue weighted by Gasteiger charge is 2.13. The van der Waals surface area contributed by atoms with E-state index in [1.807, 2.05) is 37.3 Å². The fraction of sp³-hybridized carbons (Fsp3) is 0.286. The maximum Gasteiger partial charge on any atom is 0.270 e. The van der Waals surface area contributed by atoms with Gasteiger partial charge in [0.1, 0.15) is 0 Å². The summed E-state index contributed by atoms with van der Waals surface area (Å²) in [6, 6.07) is 23.1. The molecule has 3 aromatic carbocycles. The van der Waals surface area contributed by atoms with E-state index in [0.29, 0.717) is 35.5 Å². The topological polar surface area (TPSA) is 117 Å². The molecule has 0 aliphatic carbocycles. The number of nitro groups is 1. The highest BCUT2D eigenvalue weighted by Crippen LogP contribution is 2.35. The van der Waals surface area contributed by atoms with Crippen LogP contribution in [0.5, 0.6) is 0 Å². The van der Waals surface area contributed by atoms with Crippen molar-refractivity contribution >= 4 is 44.5 Å². The van der Waals surface area contributed by atoms with Crippen LogP contribution in [0, 0.1) is 28.4 Å². The van der Waals surface area contributed by atoms with Crippen LogP contribution >= 0.6 is 11.5 Å². The van der Waals surface area contributed by atoms with Crippen molar-refractivity contribution in [3.63, 3.8) is 0 Å². The summed E-state index contributed by atoms with van der Waals surface area (Å²) in [5.74, 6) is 0. The maximum absolute atomic E-state index is 11.2. The van der Waals surface area contributed by atoms with Gasteiger partial charge in [0.05, 0.1) is 35.2 Å². The number of non-ortho nitro benzene ring substituents is 1. The van der Waals surface area contributed by atoms with Gasteiger partial charge in [-0.2, -0.15) is 9.64 Å². The van der Waals surface area contributed by atoms with Crippen molar-refractivity contribution in [2.45, 2.75) is 32.7 Å². The summed E-state index contributed by atoms with van der Waals surface area (Å²) in [7, 11) is 0. The Bertz CT molecular complexity index is 1450. The monoisotopic (exact) mass is 528 g/mol. The highest BCUT2D eigenvalue weighted by atomic mass is 32.1. The van der Waals surface area contributed by atoms with E-state index < -0.39 is 4.92 Å². The minimum Gasteiger partial charge on any atom is -0.380 e. The van der Waals surface area contributed by atoms with Crippen molar-refractivity contribution in [1.29, 1.82) is 5.26 Å². The number of nitro benzene ring substituents is 1. The summed E-state index contributed by atoms with van der Waals surface area (Å²) in [6.07, 6.45) is 2.30. The number of hydrogen-bond donors (Lipinski definition) is 0. The Morgan fingerprint density at radius 3 is 2.68 bits per heavy atom. The SMILES string of the molecule is Cc1cc(N(CCCCOCCC#N)Cc2ccccc2)ccc1N=Nc1snc2ccc([N+](=O)[O-])cc12. The number of azo groups is 1. The van der Waals surface area contributed by atoms with Crippen LogP contribution in [0.2, 0.25) is 0 Å². The summed E-state index contributed by atoms with van der Waals surface area (Å²) in [4.78, 5) is 13.1. The number of benzene rings is 3. The van der Waals surface area contributed by atoms with Crippen LogP contribution in [0.25, 0.3) is 10.9 Å². The van der Waals surface area contributed by atoms with Crippen LogP contribution in [0.1, 0.15) is 30.4 Å². The lowest BCUT2D eigenvalue weighted by Gasteiger charge is -2.26. The van der Waals surface area contributed by atoms with E-state index in [9.17, 15) is 10.1 Å². The highest BCUT2D eigenvalue weighted by molar-refractivity contribution is 7.11. The molecule has 0 amide bonds. The van der Waals surface area contributed by atoms with Crippen LogP contribution in [0.3, 0.4) is 0 Å². The van der Waals surface area contributed by atoms with E-state index in [1.54, 1.807) is 6.07 Å². The van der Waals surface area contributed by atoms with Gasteiger partial charge in [0, 0.05) is 42.9 Å². The number of fused-ring (bicyclic) bond motifs is 1. The molecule has 0 radical (unpaired) electrons. The van der Waals surface area contributed by atoms with Gasteiger partial charge < -0.3 is 9.64 Å². The second-order valence-corrected chi connectivity index (χ2v) is 9.50. The molecule has 1 aromatic heterocycles. The van der Waals surface area contributed by atoms with Gasteiger partial charge in [0.25, 0.3) is 5.69 Å². The number of ether oxygens (including phenoxy) is 1. The smallest absolute Gasteiger partial charge is 0.270 e. The molecule has 0 spiro atoms. The van der Waals surface area contributed by atoms with Gasteiger partial charge in [-0.3, -0.25) is 10.1 Å². The van der Waals surface area contributed by atoms with E-state index in [0.717, 1.165) is 42.9 Å². The third kappa shape index (κ3) is 7.18. The summed E-state index contributed by atoms with van der Waals surface area (Å²) in [6.45, 7) is 4.77. The molecule has 1 heterocycles. The molecule has 0 aliphatic rings. The molecular weight excluding hydrogens is 500 g/mol. The molecule has 0 fully saturated rings. The second kappa shape index (κ2) is 13.4. The van der Waals surface area contributed by atoms with Crippen molar-refractivity contribution < 1.29 is 9.66 Å². The van der Waals surface area contributed by atoms with E-state index in [2.05, 4.69) is 43.8 Å². The zero-order valence-electron chi connectivity index (χ0n) is 21.1. The minimum absolute atomic E-state index is 0.00178. The Labute approximate surface area is 225 Å². The Hall–Kier alpha value is -4.20. The summed E-state index contributed by atoms with van der Waals surface area (Å²) in [5.41, 5.74) is 4.69. The summed E-state index contributed by atoms with van der Waals surface area (Å²) in [5, 5.41) is 29.7. The fourth-order valence-electron chi connectivity index (χ4n) is 3.98. The number of aromatic nitrogens is 1. The van der Waals surface area contributed by atoms with Crippen molar-refractivity contribution in [2.75, 3.05) is 24.7 Å². The van der Waals surface area contributed by atoms with Crippen LogP contribution in [-0.2, 0) is 11.3 Å². The zero-order chi connectivity index (χ0) is 26.7. The molecule has 0 atom stereocenters. The van der Waals surface area contributed by atoms with Crippen LogP contribution in [0.4, 0.5) is 22.1 Å². The number of hydrogen-bond acceptors (Lipinski definition) is 9. The number of aryl methyl sites for hydroxylation is 1. The molecule has 10 heteroatoms. The first-order chi connectivity index (χ1) is 18.5. The normalized spacial score (nSPS) is 11.2. The second-order valence-electron chi connectivity index (χ2n) is 8.75. The molecule has 4 rings (SSSR count). The molecule has 0 saturated carbocycles. The van der Waals surface area contributed by atoms with Crippen molar-refractivity contribution in [1.82, 2.24) is 4.37 Å². The van der Waals surface area contributed by atoms with Gasteiger partial charge in [0.15, 0.2) is 5.00 Å². The molecule has 9 nitrogen and oxygen atoms in total. The molecule has 0 N–H and O–H groups in total. The molecule has 0 bridgehead atoms. The number of unbranched alkanes of at least 4 members (excludes halogenated alkanes) is 1. The van der Waals surface area contributed by atoms with Crippen LogP contribution < -0.4 is 4.90 Å². The Morgan fingerprint density at radius 2 is 1.92 bits per heavy atom. The number of anilines is 1. The molecule has 0 unspecified atom stereocenters. The number of rotatable bonds is 13. The Morgan fingerprint density at radius 1 is 1.08 bits per heavy atom. The quantitative estimate of drug-likeness (QED) is 0.0761. The first-order valence-electron chi connectivity index (χ1n) is 12.3. The summed E-state index contributed by atoms with van der Waals surface area (Å²) >= 11 is 1.17. The van der Waals surface area contributed by atoms with Gasteiger partial charge in [-0.1, -0.05) is 30.3 Å². The Balaban J connectivity index is 1.48. The summed E-state index contributed by atoms with van der Waals surface area (Å²) < 4.78 is 9.84. The third-order valence-electron chi connectivity index (χ3n) is 5.99. The van der Waals surface area contributed by atoms with Crippen molar-refractivity contribution in [2.24, 2.45) is 10.2 Å². The van der Waals surface area contributed by atoms with Crippen LogP contribution in [-0.4, -0.2) is 29.1 Å². The fourth-order valence-corrected chi connectivity index (χ4v) is 4.66. The predicted octanol–water partition coefficient (Wildman–Crippen LogP) is 7.65. The van der Waals surface area contributed by atoms with E-state index in [4.69, 9.17) is 10.00 Å². The number of nitriles is 1. The van der Waals surface area contributed by atoms with Crippen LogP contribution in [0.15, 0.2) is 77.0 Å². The average Bonchev–Trinajstić information content (AvgIpc) is 3.34. The first-order valence-corrected chi connectivity index (χ1v) is 13.1. The van der Waals surface area contributed by atoms with E-state index in [1.165, 1.54) is 29.2 Å². The van der Waals surface area contributed by atoms with Gasteiger partial charge in [-0.15, -0.1) is 10.2 Å². The van der Waals surface area contributed by atoms with Gasteiger partial charge in [0.2, 0.25) is 0 Å². The zero-order valence-corrected chi connectivity index (χ0v) is 21.9. The maximum atomic E-state index is 11.2. The standard InChI is InChI=1S/C28H28N6O3S/c1-21-18-23(33(20-22-8-3-2-4-9-22)15-5-6-16-37-17-7-14-29)10-12-26(21)30-31-28-25-19-24(34(35)36)11-13-27(25)32-38-28/h2-4,8-13,18-19H,5-7,15-17,20H2,1H3. The van der Waals surface area contributed by atoms with Gasteiger partial charge in [-0.25, -0.2) is 0 Å². The molecule has 194 valence electrons.